The summed E-state index contributed by atoms with van der Waals surface area (Å²) in [5.41, 5.74) is 2.21. The van der Waals surface area contributed by atoms with E-state index in [0.29, 0.717) is 23.5 Å². The summed E-state index contributed by atoms with van der Waals surface area (Å²) in [4.78, 5) is 27.5. The largest absolute Gasteiger partial charge is 0.376 e. The first-order valence-electron chi connectivity index (χ1n) is 10.7. The summed E-state index contributed by atoms with van der Waals surface area (Å²) in [7, 11) is 0. The molecule has 4 rings (SSSR count). The summed E-state index contributed by atoms with van der Waals surface area (Å²) >= 11 is 0. The highest BCUT2D eigenvalue weighted by Crippen LogP contribution is 2.28. The van der Waals surface area contributed by atoms with Crippen LogP contribution in [0.25, 0.3) is 0 Å². The van der Waals surface area contributed by atoms with Crippen molar-refractivity contribution in [3.8, 4) is 0 Å². The number of carbonyl (C=O) groups is 2. The maximum absolute atomic E-state index is 13.3. The number of ether oxygens (including phenoxy) is 1. The first kappa shape index (κ1) is 21.1. The number of rotatable bonds is 6. The van der Waals surface area contributed by atoms with Gasteiger partial charge < -0.3 is 25.6 Å². The Kier molecular flexibility index (Phi) is 6.66. The van der Waals surface area contributed by atoms with E-state index in [0.717, 1.165) is 51.1 Å². The quantitative estimate of drug-likeness (QED) is 0.653. The van der Waals surface area contributed by atoms with E-state index in [1.54, 1.807) is 18.2 Å². The monoisotopic (exact) mass is 426 g/mol. The predicted octanol–water partition coefficient (Wildman–Crippen LogP) is 3.98. The second-order valence-electron chi connectivity index (χ2n) is 7.86. The lowest BCUT2D eigenvalue weighted by atomic mass is 10.1. The Balaban J connectivity index is 1.48. The predicted molar refractivity (Wildman–Crippen MR) is 118 cm³/mol. The lowest BCUT2D eigenvalue weighted by Gasteiger charge is -2.22. The number of anilines is 3. The molecular formula is C23H27FN4O3. The Morgan fingerprint density at radius 3 is 2.52 bits per heavy atom. The molecule has 3 amide bonds. The smallest absolute Gasteiger partial charge is 0.323 e. The van der Waals surface area contributed by atoms with Gasteiger partial charge in [0.25, 0.3) is 5.91 Å². The third-order valence-electron chi connectivity index (χ3n) is 5.54. The number of hydrogen-bond acceptors (Lipinski definition) is 4. The van der Waals surface area contributed by atoms with Crippen LogP contribution in [0.5, 0.6) is 0 Å². The zero-order valence-corrected chi connectivity index (χ0v) is 17.3. The average molecular weight is 426 g/mol. The summed E-state index contributed by atoms with van der Waals surface area (Å²) < 4.78 is 18.9. The number of benzene rings is 2. The van der Waals surface area contributed by atoms with Crippen molar-refractivity contribution < 1.29 is 18.7 Å². The molecule has 1 unspecified atom stereocenters. The van der Waals surface area contributed by atoms with Crippen LogP contribution in [-0.2, 0) is 4.74 Å². The van der Waals surface area contributed by atoms with E-state index in [1.807, 2.05) is 6.07 Å². The molecule has 2 aliphatic heterocycles. The zero-order chi connectivity index (χ0) is 21.6. The average Bonchev–Trinajstić information content (AvgIpc) is 3.46. The van der Waals surface area contributed by atoms with Gasteiger partial charge in [0.15, 0.2) is 0 Å². The van der Waals surface area contributed by atoms with Gasteiger partial charge in [-0.15, -0.1) is 0 Å². The third-order valence-corrected chi connectivity index (χ3v) is 5.54. The molecule has 2 heterocycles. The molecule has 31 heavy (non-hydrogen) atoms. The normalized spacial score (nSPS) is 18.1. The minimum absolute atomic E-state index is 0.0533. The van der Waals surface area contributed by atoms with Crippen molar-refractivity contribution in [2.24, 2.45) is 0 Å². The fourth-order valence-electron chi connectivity index (χ4n) is 4.00. The number of nitrogens with one attached hydrogen (secondary N) is 3. The first-order chi connectivity index (χ1) is 15.1. The molecule has 0 spiro atoms. The number of amides is 3. The van der Waals surface area contributed by atoms with Crippen LogP contribution in [0.3, 0.4) is 0 Å². The van der Waals surface area contributed by atoms with E-state index in [4.69, 9.17) is 4.74 Å². The molecule has 0 saturated carbocycles. The molecule has 2 aliphatic rings. The van der Waals surface area contributed by atoms with Crippen LogP contribution < -0.4 is 20.9 Å². The number of nitrogens with zero attached hydrogens (tertiary/aromatic N) is 1. The Labute approximate surface area is 181 Å². The minimum Gasteiger partial charge on any atom is -0.376 e. The topological polar surface area (TPSA) is 82.7 Å². The van der Waals surface area contributed by atoms with Gasteiger partial charge in [0.05, 0.1) is 11.7 Å². The molecule has 2 aromatic carbocycles. The van der Waals surface area contributed by atoms with Crippen LogP contribution in [0.2, 0.25) is 0 Å². The number of urea groups is 1. The molecule has 0 radical (unpaired) electrons. The van der Waals surface area contributed by atoms with Crippen LogP contribution >= 0.6 is 0 Å². The summed E-state index contributed by atoms with van der Waals surface area (Å²) in [6, 6.07) is 10.5. The molecule has 2 saturated heterocycles. The molecule has 0 aliphatic carbocycles. The van der Waals surface area contributed by atoms with Crippen molar-refractivity contribution in [1.82, 2.24) is 5.32 Å². The zero-order valence-electron chi connectivity index (χ0n) is 17.3. The van der Waals surface area contributed by atoms with Crippen molar-refractivity contribution >= 4 is 29.0 Å². The van der Waals surface area contributed by atoms with E-state index in [9.17, 15) is 14.0 Å². The molecule has 8 heteroatoms. The molecule has 164 valence electrons. The molecule has 2 fully saturated rings. The fraction of sp³-hybridized carbons (Fsp3) is 0.391. The van der Waals surface area contributed by atoms with Crippen LogP contribution in [0.15, 0.2) is 42.5 Å². The van der Waals surface area contributed by atoms with Crippen LogP contribution in [0.1, 0.15) is 36.0 Å². The lowest BCUT2D eigenvalue weighted by molar-refractivity contribution is 0.0858. The van der Waals surface area contributed by atoms with Crippen molar-refractivity contribution in [3.63, 3.8) is 0 Å². The van der Waals surface area contributed by atoms with Gasteiger partial charge in [-0.25, -0.2) is 9.18 Å². The fourth-order valence-corrected chi connectivity index (χ4v) is 4.00. The van der Waals surface area contributed by atoms with Gasteiger partial charge in [-0.3, -0.25) is 4.79 Å². The highest BCUT2D eigenvalue weighted by atomic mass is 19.1. The van der Waals surface area contributed by atoms with Gasteiger partial charge >= 0.3 is 6.03 Å². The highest BCUT2D eigenvalue weighted by Gasteiger charge is 2.22. The molecule has 0 aromatic heterocycles. The van der Waals surface area contributed by atoms with E-state index in [-0.39, 0.29) is 12.0 Å². The number of carbonyl (C=O) groups excluding carboxylic acids is 2. The maximum Gasteiger partial charge on any atom is 0.323 e. The van der Waals surface area contributed by atoms with Crippen molar-refractivity contribution in [3.05, 3.63) is 53.8 Å². The van der Waals surface area contributed by atoms with Gasteiger partial charge in [-0.05, 0) is 62.1 Å². The maximum atomic E-state index is 13.3. The van der Waals surface area contributed by atoms with Gasteiger partial charge in [-0.2, -0.15) is 0 Å². The summed E-state index contributed by atoms with van der Waals surface area (Å²) in [5.74, 6) is -0.621. The minimum atomic E-state index is -0.509. The second kappa shape index (κ2) is 9.78. The van der Waals surface area contributed by atoms with Crippen LogP contribution in [0.4, 0.5) is 26.2 Å². The molecule has 0 bridgehead atoms. The SMILES string of the molecule is O=C(Nc1cccc(F)c1)Nc1ccc(N2CCCC2)c(C(=O)NCC2CCCO2)c1. The van der Waals surface area contributed by atoms with Gasteiger partial charge in [0.1, 0.15) is 5.82 Å². The molecule has 2 aromatic rings. The summed E-state index contributed by atoms with van der Waals surface area (Å²) in [5, 5.41) is 8.29. The highest BCUT2D eigenvalue weighted by molar-refractivity contribution is 6.04. The number of hydrogen-bond donors (Lipinski definition) is 3. The van der Waals surface area contributed by atoms with Crippen molar-refractivity contribution in [2.45, 2.75) is 31.8 Å². The van der Waals surface area contributed by atoms with E-state index < -0.39 is 11.8 Å². The first-order valence-corrected chi connectivity index (χ1v) is 10.7. The molecule has 7 nitrogen and oxygen atoms in total. The molecule has 1 atom stereocenters. The summed E-state index contributed by atoms with van der Waals surface area (Å²) in [6.45, 7) is 3.01. The van der Waals surface area contributed by atoms with Gasteiger partial charge in [0, 0.05) is 43.3 Å². The van der Waals surface area contributed by atoms with Crippen LogP contribution in [0, 0.1) is 5.82 Å². The third kappa shape index (κ3) is 5.52. The van der Waals surface area contributed by atoms with E-state index in [1.165, 1.54) is 18.2 Å². The Bertz CT molecular complexity index is 940. The van der Waals surface area contributed by atoms with Crippen LogP contribution in [-0.4, -0.2) is 44.3 Å². The Hall–Kier alpha value is -3.13. The van der Waals surface area contributed by atoms with Crippen molar-refractivity contribution in [1.29, 1.82) is 0 Å². The van der Waals surface area contributed by atoms with E-state index >= 15 is 0 Å². The second-order valence-corrected chi connectivity index (χ2v) is 7.86. The summed E-state index contributed by atoms with van der Waals surface area (Å²) in [6.07, 6.45) is 4.19. The molecular weight excluding hydrogens is 399 g/mol. The van der Waals surface area contributed by atoms with Gasteiger partial charge in [0.2, 0.25) is 0 Å². The lowest BCUT2D eigenvalue weighted by Crippen LogP contribution is -2.33. The standard InChI is InChI=1S/C23H27FN4O3/c24-16-5-3-6-17(13-16)26-23(30)27-18-8-9-21(28-10-1-2-11-28)20(14-18)22(29)25-15-19-7-4-12-31-19/h3,5-6,8-9,13-14,19H,1-2,4,7,10-12,15H2,(H,25,29)(H2,26,27,30). The Morgan fingerprint density at radius 2 is 1.81 bits per heavy atom. The molecule has 3 N–H and O–H groups in total. The Morgan fingerprint density at radius 1 is 1.03 bits per heavy atom. The van der Waals surface area contributed by atoms with E-state index in [2.05, 4.69) is 20.9 Å². The van der Waals surface area contributed by atoms with Gasteiger partial charge in [-0.1, -0.05) is 6.07 Å². The van der Waals surface area contributed by atoms with Crippen molar-refractivity contribution in [2.75, 3.05) is 41.8 Å². The number of halogens is 1.